The summed E-state index contributed by atoms with van der Waals surface area (Å²) in [5, 5.41) is 20.5. The Hall–Kier alpha value is -1.18. The smallest absolute Gasteiger partial charge is 0.312 e. The van der Waals surface area contributed by atoms with E-state index < -0.39 is 11.0 Å². The van der Waals surface area contributed by atoms with Crippen LogP contribution in [-0.4, -0.2) is 16.6 Å². The maximum atomic E-state index is 10.7. The monoisotopic (exact) mass is 303 g/mol. The number of hydrogen-bond donors (Lipinski definition) is 3. The van der Waals surface area contributed by atoms with Crippen LogP contribution >= 0.6 is 15.9 Å². The lowest BCUT2D eigenvalue weighted by atomic mass is 10.0. The van der Waals surface area contributed by atoms with Gasteiger partial charge in [-0.25, -0.2) is 0 Å². The van der Waals surface area contributed by atoms with Gasteiger partial charge in [0.15, 0.2) is 5.75 Å². The lowest BCUT2D eigenvalue weighted by Crippen LogP contribution is -2.13. The summed E-state index contributed by atoms with van der Waals surface area (Å²) in [6, 6.07) is 2.37. The Labute approximate surface area is 107 Å². The fourth-order valence-electron chi connectivity index (χ4n) is 1.52. The zero-order valence-electron chi connectivity index (χ0n) is 9.10. The highest BCUT2D eigenvalue weighted by molar-refractivity contribution is 9.10. The molecule has 0 saturated heterocycles. The van der Waals surface area contributed by atoms with Crippen LogP contribution in [0.1, 0.15) is 24.4 Å². The SMILES string of the molecule is NCCC[C@H](N)c1cc(Br)cc([N+](=O)[O-])c1O. The summed E-state index contributed by atoms with van der Waals surface area (Å²) in [5.41, 5.74) is 11.2. The average Bonchev–Trinajstić information content (AvgIpc) is 2.28. The molecule has 0 heterocycles. The van der Waals surface area contributed by atoms with E-state index in [4.69, 9.17) is 11.5 Å². The number of nitro benzene ring substituents is 1. The molecule has 0 bridgehead atoms. The zero-order valence-corrected chi connectivity index (χ0v) is 10.7. The van der Waals surface area contributed by atoms with Gasteiger partial charge in [-0.15, -0.1) is 0 Å². The molecule has 1 atom stereocenters. The molecule has 0 spiro atoms. The van der Waals surface area contributed by atoms with Gasteiger partial charge in [-0.2, -0.15) is 0 Å². The molecule has 0 radical (unpaired) electrons. The van der Waals surface area contributed by atoms with E-state index in [-0.39, 0.29) is 11.4 Å². The standard InChI is InChI=1S/C10H14BrN3O3/c11-6-4-7(8(13)2-1-3-12)10(15)9(5-6)14(16)17/h4-5,8,15H,1-3,12-13H2/t8-/m0/s1. The molecule has 0 aliphatic heterocycles. The lowest BCUT2D eigenvalue weighted by Gasteiger charge is -2.13. The van der Waals surface area contributed by atoms with Crippen molar-refractivity contribution in [3.8, 4) is 5.75 Å². The number of rotatable bonds is 5. The summed E-state index contributed by atoms with van der Waals surface area (Å²) < 4.78 is 0.514. The van der Waals surface area contributed by atoms with Crippen molar-refractivity contribution in [1.29, 1.82) is 0 Å². The fraction of sp³-hybridized carbons (Fsp3) is 0.400. The maximum Gasteiger partial charge on any atom is 0.312 e. The molecule has 1 aromatic carbocycles. The predicted octanol–water partition coefficient (Wildman–Crippen LogP) is 1.80. The van der Waals surface area contributed by atoms with Crippen LogP contribution in [-0.2, 0) is 0 Å². The molecule has 17 heavy (non-hydrogen) atoms. The Kier molecular flexibility index (Phi) is 4.86. The number of phenolic OH excluding ortho intramolecular Hbond substituents is 1. The number of nitro groups is 1. The lowest BCUT2D eigenvalue weighted by molar-refractivity contribution is -0.386. The Morgan fingerprint density at radius 3 is 2.71 bits per heavy atom. The highest BCUT2D eigenvalue weighted by atomic mass is 79.9. The number of nitrogens with two attached hydrogens (primary N) is 2. The second-order valence-electron chi connectivity index (χ2n) is 3.66. The molecule has 0 saturated carbocycles. The average molecular weight is 304 g/mol. The van der Waals surface area contributed by atoms with Gasteiger partial charge >= 0.3 is 5.69 Å². The van der Waals surface area contributed by atoms with E-state index in [0.29, 0.717) is 29.4 Å². The third-order valence-corrected chi connectivity index (χ3v) is 2.86. The van der Waals surface area contributed by atoms with E-state index in [1.807, 2.05) is 0 Å². The second-order valence-corrected chi connectivity index (χ2v) is 4.57. The van der Waals surface area contributed by atoms with Crippen molar-refractivity contribution in [1.82, 2.24) is 0 Å². The highest BCUT2D eigenvalue weighted by Crippen LogP contribution is 2.37. The van der Waals surface area contributed by atoms with Crippen molar-refractivity contribution < 1.29 is 10.0 Å². The summed E-state index contributed by atoms with van der Waals surface area (Å²) in [4.78, 5) is 10.1. The topological polar surface area (TPSA) is 115 Å². The summed E-state index contributed by atoms with van der Waals surface area (Å²) in [7, 11) is 0. The van der Waals surface area contributed by atoms with Gasteiger partial charge in [0.1, 0.15) is 0 Å². The second kappa shape index (κ2) is 5.95. The molecule has 1 rings (SSSR count). The van der Waals surface area contributed by atoms with Gasteiger partial charge in [0.25, 0.3) is 0 Å². The minimum atomic E-state index is -0.640. The van der Waals surface area contributed by atoms with E-state index in [1.165, 1.54) is 6.07 Å². The number of halogens is 1. The normalized spacial score (nSPS) is 12.4. The van der Waals surface area contributed by atoms with Crippen molar-refractivity contribution >= 4 is 21.6 Å². The Morgan fingerprint density at radius 2 is 2.18 bits per heavy atom. The van der Waals surface area contributed by atoms with Gasteiger partial charge in [-0.1, -0.05) is 15.9 Å². The first kappa shape index (κ1) is 13.9. The van der Waals surface area contributed by atoms with Crippen LogP contribution in [0.2, 0.25) is 0 Å². The fourth-order valence-corrected chi connectivity index (χ4v) is 1.98. The first-order valence-electron chi connectivity index (χ1n) is 5.09. The zero-order chi connectivity index (χ0) is 13.0. The first-order chi connectivity index (χ1) is 7.97. The van der Waals surface area contributed by atoms with Crippen LogP contribution < -0.4 is 11.5 Å². The van der Waals surface area contributed by atoms with Gasteiger partial charge in [0.2, 0.25) is 0 Å². The summed E-state index contributed by atoms with van der Waals surface area (Å²) in [6.07, 6.45) is 1.26. The van der Waals surface area contributed by atoms with Crippen molar-refractivity contribution in [3.05, 3.63) is 32.3 Å². The van der Waals surface area contributed by atoms with Crippen LogP contribution in [0.4, 0.5) is 5.69 Å². The van der Waals surface area contributed by atoms with Gasteiger partial charge in [-0.3, -0.25) is 10.1 Å². The summed E-state index contributed by atoms with van der Waals surface area (Å²) in [5.74, 6) is -0.372. The molecular weight excluding hydrogens is 290 g/mol. The van der Waals surface area contributed by atoms with E-state index >= 15 is 0 Å². The molecule has 5 N–H and O–H groups in total. The van der Waals surface area contributed by atoms with Crippen LogP contribution in [0.3, 0.4) is 0 Å². The number of benzene rings is 1. The van der Waals surface area contributed by atoms with Crippen molar-refractivity contribution in [2.75, 3.05) is 6.54 Å². The summed E-state index contributed by atoms with van der Waals surface area (Å²) >= 11 is 3.16. The molecule has 6 nitrogen and oxygen atoms in total. The quantitative estimate of drug-likeness (QED) is 0.566. The third kappa shape index (κ3) is 3.39. The molecule has 7 heteroatoms. The highest BCUT2D eigenvalue weighted by Gasteiger charge is 2.21. The van der Waals surface area contributed by atoms with Gasteiger partial charge in [0, 0.05) is 22.1 Å². The van der Waals surface area contributed by atoms with Crippen molar-refractivity contribution in [2.24, 2.45) is 11.5 Å². The van der Waals surface area contributed by atoms with Gasteiger partial charge in [-0.05, 0) is 25.5 Å². The predicted molar refractivity (Wildman–Crippen MR) is 67.7 cm³/mol. The molecule has 0 fully saturated rings. The van der Waals surface area contributed by atoms with E-state index in [0.717, 1.165) is 0 Å². The number of phenols is 1. The van der Waals surface area contributed by atoms with E-state index in [1.54, 1.807) is 6.07 Å². The molecule has 0 aromatic heterocycles. The molecule has 1 aromatic rings. The molecular formula is C10H14BrN3O3. The maximum absolute atomic E-state index is 10.7. The van der Waals surface area contributed by atoms with Crippen molar-refractivity contribution in [2.45, 2.75) is 18.9 Å². The Morgan fingerprint density at radius 1 is 1.53 bits per heavy atom. The van der Waals surface area contributed by atoms with Crippen LogP contribution in [0.25, 0.3) is 0 Å². The minimum absolute atomic E-state index is 0.349. The Bertz CT molecular complexity index is 426. The van der Waals surface area contributed by atoms with E-state index in [2.05, 4.69) is 15.9 Å². The summed E-state index contributed by atoms with van der Waals surface area (Å²) in [6.45, 7) is 0.491. The minimum Gasteiger partial charge on any atom is -0.502 e. The Balaban J connectivity index is 3.10. The van der Waals surface area contributed by atoms with Crippen LogP contribution in [0.15, 0.2) is 16.6 Å². The van der Waals surface area contributed by atoms with Crippen LogP contribution in [0.5, 0.6) is 5.75 Å². The number of nitrogens with zero attached hydrogens (tertiary/aromatic N) is 1. The number of hydrogen-bond acceptors (Lipinski definition) is 5. The van der Waals surface area contributed by atoms with Crippen molar-refractivity contribution in [3.63, 3.8) is 0 Å². The molecule has 0 unspecified atom stereocenters. The molecule has 0 amide bonds. The third-order valence-electron chi connectivity index (χ3n) is 2.40. The van der Waals surface area contributed by atoms with Gasteiger partial charge < -0.3 is 16.6 Å². The van der Waals surface area contributed by atoms with Gasteiger partial charge in [0.05, 0.1) is 4.92 Å². The van der Waals surface area contributed by atoms with E-state index in [9.17, 15) is 15.2 Å². The molecule has 94 valence electrons. The number of aromatic hydroxyl groups is 1. The largest absolute Gasteiger partial charge is 0.502 e. The first-order valence-corrected chi connectivity index (χ1v) is 5.89. The molecule has 0 aliphatic carbocycles. The van der Waals surface area contributed by atoms with Crippen LogP contribution in [0, 0.1) is 10.1 Å². The molecule has 0 aliphatic rings.